The van der Waals surface area contributed by atoms with Crippen LogP contribution in [0.5, 0.6) is 0 Å². The predicted octanol–water partition coefficient (Wildman–Crippen LogP) is 2.58. The van der Waals surface area contributed by atoms with Crippen LogP contribution in [0.1, 0.15) is 54.9 Å². The highest BCUT2D eigenvalue weighted by atomic mass is 32.2. The number of sulfonamides is 1. The van der Waals surface area contributed by atoms with Gasteiger partial charge in [-0.25, -0.2) is 13.2 Å². The van der Waals surface area contributed by atoms with Gasteiger partial charge in [0.2, 0.25) is 10.0 Å². The van der Waals surface area contributed by atoms with Crippen molar-refractivity contribution >= 4 is 21.9 Å². The molecule has 7 nitrogen and oxygen atoms in total. The first-order valence-corrected chi connectivity index (χ1v) is 11.8. The first-order valence-electron chi connectivity index (χ1n) is 10.3. The summed E-state index contributed by atoms with van der Waals surface area (Å²) in [6.45, 7) is 5.86. The number of hydrogen-bond donors (Lipinski definition) is 0. The second-order valence-corrected chi connectivity index (χ2v) is 10.0. The van der Waals surface area contributed by atoms with E-state index in [1.165, 1.54) is 16.4 Å². The Hall–Kier alpha value is -1.93. The van der Waals surface area contributed by atoms with Gasteiger partial charge in [-0.1, -0.05) is 19.4 Å². The number of carbonyl (C=O) groups is 2. The number of carbonyl (C=O) groups excluding carboxylic acids is 2. The highest BCUT2D eigenvalue weighted by molar-refractivity contribution is 7.89. The molecule has 3 rings (SSSR count). The molecule has 2 saturated heterocycles. The number of ether oxygens (including phenoxy) is 1. The first kappa shape index (κ1) is 21.8. The predicted molar refractivity (Wildman–Crippen MR) is 109 cm³/mol. The molecule has 2 fully saturated rings. The lowest BCUT2D eigenvalue weighted by Gasteiger charge is -2.30. The van der Waals surface area contributed by atoms with Gasteiger partial charge in [-0.3, -0.25) is 4.79 Å². The van der Waals surface area contributed by atoms with Crippen molar-refractivity contribution in [3.8, 4) is 0 Å². The molecule has 1 amide bonds. The normalized spacial score (nSPS) is 21.0. The molecular formula is C21H30N2O5S. The Labute approximate surface area is 173 Å². The molecule has 1 aromatic carbocycles. The number of esters is 1. The number of aryl methyl sites for hydroxylation is 1. The quantitative estimate of drug-likeness (QED) is 0.681. The van der Waals surface area contributed by atoms with E-state index in [0.29, 0.717) is 37.7 Å². The Kier molecular flexibility index (Phi) is 6.95. The van der Waals surface area contributed by atoms with E-state index in [9.17, 15) is 18.0 Å². The van der Waals surface area contributed by atoms with Gasteiger partial charge in [-0.15, -0.1) is 0 Å². The van der Waals surface area contributed by atoms with Crippen LogP contribution in [0.4, 0.5) is 0 Å². The van der Waals surface area contributed by atoms with Gasteiger partial charge in [0, 0.05) is 26.2 Å². The maximum atomic E-state index is 12.9. The van der Waals surface area contributed by atoms with Gasteiger partial charge >= 0.3 is 5.97 Å². The summed E-state index contributed by atoms with van der Waals surface area (Å²) in [5.74, 6) is -0.432. The molecule has 0 aromatic heterocycles. The van der Waals surface area contributed by atoms with Crippen LogP contribution >= 0.6 is 0 Å². The Bertz CT molecular complexity index is 862. The summed E-state index contributed by atoms with van der Waals surface area (Å²) in [5.41, 5.74) is 0.800. The van der Waals surface area contributed by atoms with E-state index in [1.54, 1.807) is 17.9 Å². The molecule has 2 aliphatic heterocycles. The molecule has 0 saturated carbocycles. The molecule has 0 bridgehead atoms. The van der Waals surface area contributed by atoms with Crippen molar-refractivity contribution in [2.24, 2.45) is 5.92 Å². The minimum atomic E-state index is -3.64. The molecule has 2 heterocycles. The number of likely N-dealkylation sites (tertiary alicyclic amines) is 1. The zero-order valence-electron chi connectivity index (χ0n) is 17.2. The van der Waals surface area contributed by atoms with Crippen LogP contribution in [0.25, 0.3) is 0 Å². The number of piperidine rings is 2. The van der Waals surface area contributed by atoms with E-state index in [4.69, 9.17) is 4.74 Å². The van der Waals surface area contributed by atoms with Gasteiger partial charge in [0.25, 0.3) is 5.91 Å². The van der Waals surface area contributed by atoms with E-state index in [1.807, 2.05) is 0 Å². The number of benzene rings is 1. The van der Waals surface area contributed by atoms with Crippen molar-refractivity contribution in [3.63, 3.8) is 0 Å². The third kappa shape index (κ3) is 5.17. The average molecular weight is 423 g/mol. The molecule has 2 aliphatic rings. The highest BCUT2D eigenvalue weighted by Gasteiger charge is 2.28. The largest absolute Gasteiger partial charge is 0.452 e. The SMILES string of the molecule is Cc1ccc(S(=O)(=O)N2CCCCC2)cc1C(=O)OCC(=O)N1CCC[C@H](C)C1. The Morgan fingerprint density at radius 2 is 1.83 bits per heavy atom. The number of amides is 1. The standard InChI is InChI=1S/C21H30N2O5S/c1-16-7-6-10-22(14-16)20(24)15-28-21(25)19-13-18(9-8-17(19)2)29(26,27)23-11-4-3-5-12-23/h8-9,13,16H,3-7,10-12,14-15H2,1-2H3/t16-/m0/s1. The molecule has 1 atom stereocenters. The fraction of sp³-hybridized carbons (Fsp3) is 0.619. The van der Waals surface area contributed by atoms with Crippen molar-refractivity contribution < 1.29 is 22.7 Å². The molecule has 29 heavy (non-hydrogen) atoms. The molecule has 0 N–H and O–H groups in total. The molecule has 0 aliphatic carbocycles. The van der Waals surface area contributed by atoms with Crippen LogP contribution < -0.4 is 0 Å². The van der Waals surface area contributed by atoms with Crippen LogP contribution in [-0.4, -0.2) is 62.3 Å². The summed E-state index contributed by atoms with van der Waals surface area (Å²) in [6.07, 6.45) is 4.77. The molecule has 160 valence electrons. The maximum Gasteiger partial charge on any atom is 0.338 e. The third-order valence-corrected chi connectivity index (χ3v) is 7.61. The van der Waals surface area contributed by atoms with Gasteiger partial charge in [-0.05, 0) is 56.2 Å². The first-order chi connectivity index (χ1) is 13.8. The van der Waals surface area contributed by atoms with Gasteiger partial charge in [0.15, 0.2) is 6.61 Å². The van der Waals surface area contributed by atoms with E-state index in [-0.39, 0.29) is 23.0 Å². The fourth-order valence-corrected chi connectivity index (χ4v) is 5.49. The summed E-state index contributed by atoms with van der Waals surface area (Å²) in [7, 11) is -3.64. The number of nitrogens with zero attached hydrogens (tertiary/aromatic N) is 2. The smallest absolute Gasteiger partial charge is 0.338 e. The lowest BCUT2D eigenvalue weighted by Crippen LogP contribution is -2.41. The van der Waals surface area contributed by atoms with E-state index in [0.717, 1.165) is 32.1 Å². The zero-order chi connectivity index (χ0) is 21.0. The van der Waals surface area contributed by atoms with Crippen molar-refractivity contribution in [1.29, 1.82) is 0 Å². The summed E-state index contributed by atoms with van der Waals surface area (Å²) < 4.78 is 32.5. The minimum Gasteiger partial charge on any atom is -0.452 e. The second kappa shape index (κ2) is 9.26. The molecule has 8 heteroatoms. The van der Waals surface area contributed by atoms with Crippen molar-refractivity contribution in [2.75, 3.05) is 32.8 Å². The average Bonchev–Trinajstić information content (AvgIpc) is 2.72. The maximum absolute atomic E-state index is 12.9. The molecule has 0 radical (unpaired) electrons. The summed E-state index contributed by atoms with van der Waals surface area (Å²) >= 11 is 0. The van der Waals surface area contributed by atoms with E-state index >= 15 is 0 Å². The number of hydrogen-bond acceptors (Lipinski definition) is 5. The van der Waals surface area contributed by atoms with E-state index in [2.05, 4.69) is 6.92 Å². The van der Waals surface area contributed by atoms with E-state index < -0.39 is 16.0 Å². The Morgan fingerprint density at radius 3 is 2.52 bits per heavy atom. The molecule has 0 spiro atoms. The third-order valence-electron chi connectivity index (χ3n) is 5.72. The molecule has 1 aromatic rings. The zero-order valence-corrected chi connectivity index (χ0v) is 18.0. The lowest BCUT2D eigenvalue weighted by atomic mass is 10.0. The van der Waals surface area contributed by atoms with Crippen molar-refractivity contribution in [2.45, 2.75) is 50.8 Å². The van der Waals surface area contributed by atoms with Crippen LogP contribution in [-0.2, 0) is 19.6 Å². The monoisotopic (exact) mass is 422 g/mol. The summed E-state index contributed by atoms with van der Waals surface area (Å²) in [4.78, 5) is 26.7. The van der Waals surface area contributed by atoms with Crippen LogP contribution in [0, 0.1) is 12.8 Å². The van der Waals surface area contributed by atoms with Gasteiger partial charge < -0.3 is 9.64 Å². The summed E-state index contributed by atoms with van der Waals surface area (Å²) in [6, 6.07) is 4.51. The fourth-order valence-electron chi connectivity index (χ4n) is 3.95. The minimum absolute atomic E-state index is 0.0909. The Morgan fingerprint density at radius 1 is 1.10 bits per heavy atom. The van der Waals surface area contributed by atoms with Crippen LogP contribution in [0.3, 0.4) is 0 Å². The second-order valence-electron chi connectivity index (χ2n) is 8.10. The van der Waals surface area contributed by atoms with Gasteiger partial charge in [-0.2, -0.15) is 4.31 Å². The molecular weight excluding hydrogens is 392 g/mol. The van der Waals surface area contributed by atoms with Gasteiger partial charge in [0.05, 0.1) is 10.5 Å². The Balaban J connectivity index is 1.69. The molecule has 0 unspecified atom stereocenters. The van der Waals surface area contributed by atoms with Crippen molar-refractivity contribution in [3.05, 3.63) is 29.3 Å². The van der Waals surface area contributed by atoms with Crippen molar-refractivity contribution in [1.82, 2.24) is 9.21 Å². The summed E-state index contributed by atoms with van der Waals surface area (Å²) in [5, 5.41) is 0. The van der Waals surface area contributed by atoms with Crippen LogP contribution in [0.15, 0.2) is 23.1 Å². The van der Waals surface area contributed by atoms with Crippen LogP contribution in [0.2, 0.25) is 0 Å². The lowest BCUT2D eigenvalue weighted by molar-refractivity contribution is -0.136. The topological polar surface area (TPSA) is 84.0 Å². The number of rotatable bonds is 5. The van der Waals surface area contributed by atoms with Gasteiger partial charge in [0.1, 0.15) is 0 Å². The highest BCUT2D eigenvalue weighted by Crippen LogP contribution is 2.23.